The standard InChI is InChI=1S/C8H15NO.C6H11NO.C5H9NO.C2H6.CH4/c1-7(2)8(3,4)5-9-6-10;1-3-6(2)4-7-5-8;1-5(2)3-6-4-7;1-2;/h7H,5H2,1-4H3;6H,3-4H2,1-2H3;5H,3H2,1-2H3;1-2H3;1H4. The highest BCUT2D eigenvalue weighted by Gasteiger charge is 2.21. The van der Waals surface area contributed by atoms with Crippen molar-refractivity contribution in [3.05, 3.63) is 0 Å². The highest BCUT2D eigenvalue weighted by Crippen LogP contribution is 2.25. The quantitative estimate of drug-likeness (QED) is 0.369. The minimum atomic E-state index is 0. The van der Waals surface area contributed by atoms with Crippen molar-refractivity contribution in [1.82, 2.24) is 0 Å². The van der Waals surface area contributed by atoms with Gasteiger partial charge in [0.05, 0.1) is 19.6 Å². The van der Waals surface area contributed by atoms with Gasteiger partial charge in [0.15, 0.2) is 0 Å². The van der Waals surface area contributed by atoms with Crippen LogP contribution >= 0.6 is 0 Å². The second-order valence-electron chi connectivity index (χ2n) is 7.32. The molecule has 0 aliphatic carbocycles. The smallest absolute Gasteiger partial charge is 0.211 e. The molecule has 0 aromatic carbocycles. The Labute approximate surface area is 174 Å². The number of isocyanates is 3. The highest BCUT2D eigenvalue weighted by atomic mass is 16.1. The summed E-state index contributed by atoms with van der Waals surface area (Å²) in [5.41, 5.74) is 0.122. The topological polar surface area (TPSA) is 88.3 Å². The van der Waals surface area contributed by atoms with Crippen molar-refractivity contribution in [1.29, 1.82) is 0 Å². The van der Waals surface area contributed by atoms with E-state index >= 15 is 0 Å². The van der Waals surface area contributed by atoms with Crippen molar-refractivity contribution in [2.24, 2.45) is 38.1 Å². The van der Waals surface area contributed by atoms with Crippen LogP contribution in [0.25, 0.3) is 0 Å². The van der Waals surface area contributed by atoms with Crippen molar-refractivity contribution in [3.8, 4) is 0 Å². The van der Waals surface area contributed by atoms with Gasteiger partial charge in [-0.2, -0.15) is 0 Å². The molecule has 0 aliphatic heterocycles. The van der Waals surface area contributed by atoms with Crippen LogP contribution in [0.3, 0.4) is 0 Å². The SMILES string of the molecule is C.CC.CC(C)C(C)(C)CN=C=O.CC(C)CN=C=O.CCC(C)CN=C=O. The molecule has 0 aliphatic rings. The number of nitrogens with zero attached hydrogens (tertiary/aromatic N) is 3. The number of rotatable bonds is 8. The molecular weight excluding hydrogens is 354 g/mol. The first-order valence-electron chi connectivity index (χ1n) is 9.69. The molecule has 0 aromatic heterocycles. The fourth-order valence-electron chi connectivity index (χ4n) is 0.961. The predicted molar refractivity (Wildman–Crippen MR) is 120 cm³/mol. The van der Waals surface area contributed by atoms with Gasteiger partial charge in [-0.15, -0.1) is 0 Å². The zero-order chi connectivity index (χ0) is 22.3. The first-order valence-corrected chi connectivity index (χ1v) is 9.69. The van der Waals surface area contributed by atoms with Crippen LogP contribution in [0.2, 0.25) is 0 Å². The predicted octanol–water partition coefficient (Wildman–Crippen LogP) is 6.01. The molecule has 0 aromatic rings. The van der Waals surface area contributed by atoms with Gasteiger partial charge in [0.2, 0.25) is 18.2 Å². The third-order valence-electron chi connectivity index (χ3n) is 3.80. The number of hydrogen-bond donors (Lipinski definition) is 0. The first-order chi connectivity index (χ1) is 12.6. The molecule has 0 fully saturated rings. The lowest BCUT2D eigenvalue weighted by Gasteiger charge is -2.25. The monoisotopic (exact) mass is 399 g/mol. The lowest BCUT2D eigenvalue weighted by molar-refractivity contribution is 0.262. The Morgan fingerprint density at radius 1 is 0.786 bits per heavy atom. The van der Waals surface area contributed by atoms with Crippen LogP contribution in [0.15, 0.2) is 15.0 Å². The maximum Gasteiger partial charge on any atom is 0.234 e. The van der Waals surface area contributed by atoms with Gasteiger partial charge in [-0.25, -0.2) is 29.4 Å². The third kappa shape index (κ3) is 35.3. The van der Waals surface area contributed by atoms with Gasteiger partial charge in [-0.1, -0.05) is 83.1 Å². The number of hydrogen-bond acceptors (Lipinski definition) is 6. The summed E-state index contributed by atoms with van der Waals surface area (Å²) in [6.07, 6.45) is 5.61. The van der Waals surface area contributed by atoms with E-state index in [4.69, 9.17) is 0 Å². The molecule has 0 rings (SSSR count). The molecule has 6 nitrogen and oxygen atoms in total. The summed E-state index contributed by atoms with van der Waals surface area (Å²) in [7, 11) is 0. The fraction of sp³-hybridized carbons (Fsp3) is 0.864. The summed E-state index contributed by atoms with van der Waals surface area (Å²) >= 11 is 0. The zero-order valence-corrected chi connectivity index (χ0v) is 19.1. The molecule has 28 heavy (non-hydrogen) atoms. The third-order valence-corrected chi connectivity index (χ3v) is 3.80. The van der Waals surface area contributed by atoms with E-state index in [2.05, 4.69) is 56.5 Å². The van der Waals surface area contributed by atoms with E-state index in [0.29, 0.717) is 37.4 Å². The number of aliphatic imine (C=N–C) groups is 3. The van der Waals surface area contributed by atoms with Gasteiger partial charge >= 0.3 is 0 Å². The van der Waals surface area contributed by atoms with Crippen LogP contribution in [0.5, 0.6) is 0 Å². The van der Waals surface area contributed by atoms with E-state index in [1.165, 1.54) is 12.2 Å². The second kappa shape index (κ2) is 27.4. The summed E-state index contributed by atoms with van der Waals surface area (Å²) in [5.74, 6) is 1.54. The van der Waals surface area contributed by atoms with Crippen molar-refractivity contribution in [3.63, 3.8) is 0 Å². The molecule has 0 heterocycles. The van der Waals surface area contributed by atoms with E-state index in [-0.39, 0.29) is 12.8 Å². The van der Waals surface area contributed by atoms with Crippen molar-refractivity contribution in [2.45, 2.75) is 83.1 Å². The lowest BCUT2D eigenvalue weighted by Crippen LogP contribution is -2.22. The summed E-state index contributed by atoms with van der Waals surface area (Å²) in [5, 5.41) is 0. The normalized spacial score (nSPS) is 9.86. The molecule has 1 unspecified atom stereocenters. The maximum absolute atomic E-state index is 9.78. The molecule has 0 spiro atoms. The summed E-state index contributed by atoms with van der Waals surface area (Å²) < 4.78 is 0. The van der Waals surface area contributed by atoms with Crippen LogP contribution < -0.4 is 0 Å². The number of carbonyl (C=O) groups excluding carboxylic acids is 3. The fourth-order valence-corrected chi connectivity index (χ4v) is 0.961. The minimum Gasteiger partial charge on any atom is -0.211 e. The van der Waals surface area contributed by atoms with Gasteiger partial charge in [0.1, 0.15) is 0 Å². The molecule has 0 amide bonds. The lowest BCUT2D eigenvalue weighted by atomic mass is 9.81. The Morgan fingerprint density at radius 3 is 1.43 bits per heavy atom. The molecular formula is C22H45N3O3. The van der Waals surface area contributed by atoms with Crippen LogP contribution in [-0.2, 0) is 14.4 Å². The van der Waals surface area contributed by atoms with E-state index < -0.39 is 0 Å². The van der Waals surface area contributed by atoms with E-state index in [9.17, 15) is 14.4 Å². The largest absolute Gasteiger partial charge is 0.234 e. The maximum atomic E-state index is 9.78. The average Bonchev–Trinajstić information content (AvgIpc) is 2.65. The average molecular weight is 400 g/mol. The van der Waals surface area contributed by atoms with Crippen molar-refractivity contribution in [2.75, 3.05) is 19.6 Å². The minimum absolute atomic E-state index is 0. The van der Waals surface area contributed by atoms with E-state index in [1.54, 1.807) is 6.08 Å². The second-order valence-corrected chi connectivity index (χ2v) is 7.32. The Hall–Kier alpha value is -1.86. The Bertz CT molecular complexity index is 456. The van der Waals surface area contributed by atoms with Crippen LogP contribution in [0, 0.1) is 23.2 Å². The summed E-state index contributed by atoms with van der Waals surface area (Å²) in [6, 6.07) is 0. The summed E-state index contributed by atoms with van der Waals surface area (Å²) in [6.45, 7) is 22.4. The van der Waals surface area contributed by atoms with Crippen LogP contribution in [0.4, 0.5) is 0 Å². The molecule has 0 bridgehead atoms. The highest BCUT2D eigenvalue weighted by molar-refractivity contribution is 5.33. The van der Waals surface area contributed by atoms with Crippen molar-refractivity contribution >= 4 is 18.2 Å². The van der Waals surface area contributed by atoms with Crippen LogP contribution in [-0.4, -0.2) is 37.9 Å². The molecule has 0 saturated carbocycles. The molecule has 166 valence electrons. The molecule has 0 saturated heterocycles. The molecule has 0 radical (unpaired) electrons. The van der Waals surface area contributed by atoms with E-state index in [0.717, 1.165) is 6.42 Å². The molecule has 0 N–H and O–H groups in total. The Balaban J connectivity index is -0.0000000900. The van der Waals surface area contributed by atoms with E-state index in [1.807, 2.05) is 27.7 Å². The van der Waals surface area contributed by atoms with Gasteiger partial charge in [-0.3, -0.25) is 0 Å². The molecule has 6 heteroatoms. The van der Waals surface area contributed by atoms with Crippen molar-refractivity contribution < 1.29 is 14.4 Å². The van der Waals surface area contributed by atoms with Gasteiger partial charge in [-0.05, 0) is 23.2 Å². The van der Waals surface area contributed by atoms with Gasteiger partial charge in [0, 0.05) is 0 Å². The first kappa shape index (κ1) is 37.0. The Kier molecular flexibility index (Phi) is 36.1. The van der Waals surface area contributed by atoms with Crippen LogP contribution in [0.1, 0.15) is 83.1 Å². The Morgan fingerprint density at radius 2 is 1.18 bits per heavy atom. The van der Waals surface area contributed by atoms with Gasteiger partial charge < -0.3 is 0 Å². The molecule has 1 atom stereocenters. The summed E-state index contributed by atoms with van der Waals surface area (Å²) in [4.78, 5) is 39.1. The zero-order valence-electron chi connectivity index (χ0n) is 19.1. The van der Waals surface area contributed by atoms with Gasteiger partial charge in [0.25, 0.3) is 0 Å².